The lowest BCUT2D eigenvalue weighted by Crippen LogP contribution is -2.45. The third-order valence-electron chi connectivity index (χ3n) is 2.33. The Morgan fingerprint density at radius 2 is 2.11 bits per heavy atom. The van der Waals surface area contributed by atoms with Gasteiger partial charge in [-0.2, -0.15) is 0 Å². The van der Waals surface area contributed by atoms with Crippen molar-refractivity contribution < 1.29 is 14.3 Å². The van der Waals surface area contributed by atoms with E-state index in [0.717, 1.165) is 6.42 Å². The predicted molar refractivity (Wildman–Crippen MR) is 70.9 cm³/mol. The topological polar surface area (TPSA) is 73.2 Å². The molecular formula is C13H21N3O3. The van der Waals surface area contributed by atoms with Crippen LogP contribution in [-0.2, 0) is 4.74 Å². The molecule has 0 bridgehead atoms. The molecule has 0 aliphatic rings. The van der Waals surface area contributed by atoms with Crippen LogP contribution in [0.5, 0.6) is 0 Å². The van der Waals surface area contributed by atoms with Crippen LogP contribution >= 0.6 is 0 Å². The van der Waals surface area contributed by atoms with Crippen molar-refractivity contribution >= 4 is 12.0 Å². The van der Waals surface area contributed by atoms with E-state index in [1.54, 1.807) is 27.0 Å². The number of hydrogen-bond donors (Lipinski definition) is 1. The van der Waals surface area contributed by atoms with Crippen molar-refractivity contribution in [3.63, 3.8) is 0 Å². The fourth-order valence-electron chi connectivity index (χ4n) is 1.57. The van der Waals surface area contributed by atoms with Gasteiger partial charge in [-0.3, -0.25) is 9.36 Å². The first-order valence-corrected chi connectivity index (χ1v) is 6.35. The molecule has 0 aliphatic carbocycles. The smallest absolute Gasteiger partial charge is 0.408 e. The quantitative estimate of drug-likeness (QED) is 0.907. The minimum absolute atomic E-state index is 0.217. The van der Waals surface area contributed by atoms with E-state index < -0.39 is 17.7 Å². The predicted octanol–water partition coefficient (Wildman–Crippen LogP) is 2.22. The normalized spacial score (nSPS) is 12.8. The highest BCUT2D eigenvalue weighted by atomic mass is 16.6. The largest absolute Gasteiger partial charge is 0.444 e. The maximum atomic E-state index is 12.1. The van der Waals surface area contributed by atoms with Crippen molar-refractivity contribution in [1.82, 2.24) is 14.9 Å². The minimum Gasteiger partial charge on any atom is -0.444 e. The lowest BCUT2D eigenvalue weighted by molar-refractivity contribution is 0.0479. The van der Waals surface area contributed by atoms with Crippen molar-refractivity contribution in [2.75, 3.05) is 0 Å². The van der Waals surface area contributed by atoms with Gasteiger partial charge in [-0.25, -0.2) is 9.78 Å². The third kappa shape index (κ3) is 5.11. The van der Waals surface area contributed by atoms with E-state index in [2.05, 4.69) is 10.3 Å². The van der Waals surface area contributed by atoms with Crippen LogP contribution in [0.25, 0.3) is 0 Å². The molecule has 1 heterocycles. The van der Waals surface area contributed by atoms with Crippen LogP contribution in [0.3, 0.4) is 0 Å². The number of hydrogen-bond acceptors (Lipinski definition) is 4. The van der Waals surface area contributed by atoms with Crippen LogP contribution in [0.1, 0.15) is 45.3 Å². The molecule has 1 aromatic rings. The van der Waals surface area contributed by atoms with E-state index in [9.17, 15) is 9.59 Å². The summed E-state index contributed by atoms with van der Waals surface area (Å²) in [6.45, 7) is 7.28. The molecule has 0 saturated carbocycles. The van der Waals surface area contributed by atoms with Crippen LogP contribution < -0.4 is 5.32 Å². The average molecular weight is 267 g/mol. The van der Waals surface area contributed by atoms with E-state index in [-0.39, 0.29) is 5.91 Å². The highest BCUT2D eigenvalue weighted by Gasteiger charge is 2.24. The Kier molecular flexibility index (Phi) is 5.09. The molecule has 0 aromatic carbocycles. The van der Waals surface area contributed by atoms with Crippen molar-refractivity contribution in [3.8, 4) is 0 Å². The van der Waals surface area contributed by atoms with Gasteiger partial charge in [0, 0.05) is 12.4 Å². The summed E-state index contributed by atoms with van der Waals surface area (Å²) in [6.07, 6.45) is 5.24. The molecule has 0 aliphatic heterocycles. The third-order valence-corrected chi connectivity index (χ3v) is 2.33. The zero-order valence-corrected chi connectivity index (χ0v) is 11.8. The molecule has 0 radical (unpaired) electrons. The van der Waals surface area contributed by atoms with Gasteiger partial charge in [0.2, 0.25) is 0 Å². The zero-order valence-electron chi connectivity index (χ0n) is 11.8. The molecule has 1 aromatic heterocycles. The molecule has 0 fully saturated rings. The van der Waals surface area contributed by atoms with Crippen LogP contribution in [0.15, 0.2) is 18.7 Å². The molecule has 19 heavy (non-hydrogen) atoms. The first kappa shape index (κ1) is 15.2. The maximum Gasteiger partial charge on any atom is 0.408 e. The summed E-state index contributed by atoms with van der Waals surface area (Å²) in [4.78, 5) is 27.7. The number of carbonyl (C=O) groups is 2. The number of imidazole rings is 1. The summed E-state index contributed by atoms with van der Waals surface area (Å²) < 4.78 is 6.51. The summed E-state index contributed by atoms with van der Waals surface area (Å²) >= 11 is 0. The van der Waals surface area contributed by atoms with Gasteiger partial charge < -0.3 is 10.1 Å². The number of rotatable bonds is 4. The van der Waals surface area contributed by atoms with Gasteiger partial charge in [-0.15, -0.1) is 0 Å². The molecule has 106 valence electrons. The maximum absolute atomic E-state index is 12.1. The van der Waals surface area contributed by atoms with Gasteiger partial charge in [-0.05, 0) is 27.2 Å². The summed E-state index contributed by atoms with van der Waals surface area (Å²) in [5.41, 5.74) is -0.584. The van der Waals surface area contributed by atoms with E-state index in [1.165, 1.54) is 17.1 Å². The van der Waals surface area contributed by atoms with Gasteiger partial charge in [0.05, 0.1) is 0 Å². The van der Waals surface area contributed by atoms with E-state index in [4.69, 9.17) is 4.74 Å². The minimum atomic E-state index is -0.603. The van der Waals surface area contributed by atoms with E-state index >= 15 is 0 Å². The van der Waals surface area contributed by atoms with Crippen LogP contribution in [0, 0.1) is 0 Å². The highest BCUT2D eigenvalue weighted by molar-refractivity contribution is 5.87. The average Bonchev–Trinajstić information content (AvgIpc) is 2.78. The second-order valence-corrected chi connectivity index (χ2v) is 5.30. The SMILES string of the molecule is CCC[C@@H](NC(=O)OC(C)(C)C)C(=O)n1ccnc1. The van der Waals surface area contributed by atoms with Crippen LogP contribution in [0.2, 0.25) is 0 Å². The highest BCUT2D eigenvalue weighted by Crippen LogP contribution is 2.08. The van der Waals surface area contributed by atoms with Crippen molar-refractivity contribution in [1.29, 1.82) is 0 Å². The van der Waals surface area contributed by atoms with Crippen LogP contribution in [-0.4, -0.2) is 33.2 Å². The Balaban J connectivity index is 2.68. The fraction of sp³-hybridized carbons (Fsp3) is 0.615. The Bertz CT molecular complexity index is 421. The first-order chi connectivity index (χ1) is 8.83. The number of amides is 1. The van der Waals surface area contributed by atoms with Gasteiger partial charge in [0.1, 0.15) is 18.0 Å². The molecule has 6 heteroatoms. The van der Waals surface area contributed by atoms with Gasteiger partial charge in [-0.1, -0.05) is 13.3 Å². The van der Waals surface area contributed by atoms with Crippen molar-refractivity contribution in [3.05, 3.63) is 18.7 Å². The molecule has 1 rings (SSSR count). The molecule has 1 atom stereocenters. The number of nitrogens with one attached hydrogen (secondary N) is 1. The first-order valence-electron chi connectivity index (χ1n) is 6.35. The van der Waals surface area contributed by atoms with Gasteiger partial charge >= 0.3 is 6.09 Å². The van der Waals surface area contributed by atoms with Crippen LogP contribution in [0.4, 0.5) is 4.79 Å². The van der Waals surface area contributed by atoms with Gasteiger partial charge in [0.15, 0.2) is 0 Å². The standard InChI is InChI=1S/C13H21N3O3/c1-5-6-10(11(17)16-8-7-14-9-16)15-12(18)19-13(2,3)4/h7-10H,5-6H2,1-4H3,(H,15,18)/t10-/m1/s1. The Morgan fingerprint density at radius 1 is 1.42 bits per heavy atom. The zero-order chi connectivity index (χ0) is 14.5. The van der Waals surface area contributed by atoms with E-state index in [0.29, 0.717) is 6.42 Å². The number of nitrogens with zero attached hydrogens (tertiary/aromatic N) is 2. The van der Waals surface area contributed by atoms with Crippen molar-refractivity contribution in [2.24, 2.45) is 0 Å². The number of ether oxygens (including phenoxy) is 1. The number of alkyl carbamates (subject to hydrolysis) is 1. The second-order valence-electron chi connectivity index (χ2n) is 5.30. The molecule has 1 amide bonds. The molecule has 1 N–H and O–H groups in total. The molecule has 0 saturated heterocycles. The summed E-state index contributed by atoms with van der Waals surface area (Å²) in [5.74, 6) is -0.217. The molecule has 6 nitrogen and oxygen atoms in total. The second kappa shape index (κ2) is 6.36. The summed E-state index contributed by atoms with van der Waals surface area (Å²) in [5, 5.41) is 2.60. The Labute approximate surface area is 113 Å². The lowest BCUT2D eigenvalue weighted by atomic mass is 10.1. The Hall–Kier alpha value is -1.85. The monoisotopic (exact) mass is 267 g/mol. The van der Waals surface area contributed by atoms with Gasteiger partial charge in [0.25, 0.3) is 5.91 Å². The van der Waals surface area contributed by atoms with Crippen molar-refractivity contribution in [2.45, 2.75) is 52.2 Å². The fourth-order valence-corrected chi connectivity index (χ4v) is 1.57. The summed E-state index contributed by atoms with van der Waals surface area (Å²) in [6, 6.07) is -0.603. The number of carbonyl (C=O) groups excluding carboxylic acids is 2. The lowest BCUT2D eigenvalue weighted by Gasteiger charge is -2.22. The molecule has 0 spiro atoms. The Morgan fingerprint density at radius 3 is 2.58 bits per heavy atom. The van der Waals surface area contributed by atoms with E-state index in [1.807, 2.05) is 6.92 Å². The number of aromatic nitrogens is 2. The molecule has 0 unspecified atom stereocenters. The summed E-state index contributed by atoms with van der Waals surface area (Å²) in [7, 11) is 0. The molecular weight excluding hydrogens is 246 g/mol.